The van der Waals surface area contributed by atoms with E-state index < -0.39 is 0 Å². The molecule has 1 amide bonds. The van der Waals surface area contributed by atoms with Crippen LogP contribution in [0.4, 0.5) is 0 Å². The van der Waals surface area contributed by atoms with Crippen LogP contribution < -0.4 is 5.32 Å². The largest absolute Gasteiger partial charge is 0.354 e. The van der Waals surface area contributed by atoms with Crippen LogP contribution in [0.15, 0.2) is 11.2 Å². The Bertz CT molecular complexity index is 563. The molecule has 1 N–H and O–H groups in total. The molecule has 1 saturated carbocycles. The number of amides is 1. The second kappa shape index (κ2) is 9.01. The molecule has 1 fully saturated rings. The summed E-state index contributed by atoms with van der Waals surface area (Å²) in [4.78, 5) is 25.7. The van der Waals surface area contributed by atoms with Crippen LogP contribution >= 0.6 is 11.3 Å². The SMILES string of the molecule is Cc1cnc(CCN(C)C(=NCC(=O)N(C)C)NC2CCCC2)s1. The lowest BCUT2D eigenvalue weighted by Gasteiger charge is -2.25. The van der Waals surface area contributed by atoms with Crippen LogP contribution in [0.2, 0.25) is 0 Å². The van der Waals surface area contributed by atoms with Gasteiger partial charge in [-0.25, -0.2) is 9.98 Å². The molecule has 1 aliphatic carbocycles. The molecular weight excluding hydrogens is 322 g/mol. The van der Waals surface area contributed by atoms with E-state index in [1.54, 1.807) is 30.3 Å². The van der Waals surface area contributed by atoms with Gasteiger partial charge in [0.05, 0.1) is 5.01 Å². The monoisotopic (exact) mass is 351 g/mol. The molecule has 0 aromatic carbocycles. The van der Waals surface area contributed by atoms with Crippen molar-refractivity contribution in [3.05, 3.63) is 16.1 Å². The van der Waals surface area contributed by atoms with Gasteiger partial charge in [0.1, 0.15) is 6.54 Å². The number of thiazole rings is 1. The summed E-state index contributed by atoms with van der Waals surface area (Å²) in [6.07, 6.45) is 7.71. The average Bonchev–Trinajstić information content (AvgIpc) is 3.20. The molecule has 1 heterocycles. The molecule has 1 aromatic rings. The fraction of sp³-hybridized carbons (Fsp3) is 0.706. The first-order chi connectivity index (χ1) is 11.5. The molecule has 0 radical (unpaired) electrons. The fourth-order valence-electron chi connectivity index (χ4n) is 2.70. The quantitative estimate of drug-likeness (QED) is 0.628. The predicted octanol–water partition coefficient (Wildman–Crippen LogP) is 1.90. The van der Waals surface area contributed by atoms with Gasteiger partial charge in [-0.2, -0.15) is 0 Å². The second-order valence-corrected chi connectivity index (χ2v) is 7.91. The van der Waals surface area contributed by atoms with Crippen molar-refractivity contribution in [3.63, 3.8) is 0 Å². The molecule has 0 atom stereocenters. The zero-order chi connectivity index (χ0) is 17.5. The van der Waals surface area contributed by atoms with Crippen molar-refractivity contribution in [2.24, 2.45) is 4.99 Å². The molecule has 7 heteroatoms. The summed E-state index contributed by atoms with van der Waals surface area (Å²) in [6.45, 7) is 3.09. The van der Waals surface area contributed by atoms with Crippen molar-refractivity contribution < 1.29 is 4.79 Å². The van der Waals surface area contributed by atoms with Crippen molar-refractivity contribution in [2.75, 3.05) is 34.2 Å². The van der Waals surface area contributed by atoms with Crippen molar-refractivity contribution in [3.8, 4) is 0 Å². The third-order valence-electron chi connectivity index (χ3n) is 4.24. The van der Waals surface area contributed by atoms with E-state index in [2.05, 4.69) is 27.1 Å². The lowest BCUT2D eigenvalue weighted by molar-refractivity contribution is -0.127. The van der Waals surface area contributed by atoms with Gasteiger partial charge >= 0.3 is 0 Å². The standard InChI is InChI=1S/C17H29N5OS/c1-13-11-18-15(24-13)9-10-22(4)17(19-12-16(23)21(2)3)20-14-7-5-6-8-14/h11,14H,5-10,12H2,1-4H3,(H,19,20). The summed E-state index contributed by atoms with van der Waals surface area (Å²) in [5.74, 6) is 0.843. The number of rotatable bonds is 6. The smallest absolute Gasteiger partial charge is 0.243 e. The van der Waals surface area contributed by atoms with Crippen molar-refractivity contribution in [2.45, 2.75) is 45.1 Å². The van der Waals surface area contributed by atoms with Crippen LogP contribution in [0.25, 0.3) is 0 Å². The minimum absolute atomic E-state index is 0.0182. The second-order valence-electron chi connectivity index (χ2n) is 6.59. The highest BCUT2D eigenvalue weighted by molar-refractivity contribution is 7.11. The number of nitrogens with zero attached hydrogens (tertiary/aromatic N) is 4. The first kappa shape index (κ1) is 18.7. The van der Waals surface area contributed by atoms with E-state index in [4.69, 9.17) is 0 Å². The molecule has 0 aliphatic heterocycles. The maximum atomic E-state index is 11.9. The van der Waals surface area contributed by atoms with Gasteiger partial charge in [0.15, 0.2) is 5.96 Å². The number of carbonyl (C=O) groups is 1. The van der Waals surface area contributed by atoms with E-state index in [0.717, 1.165) is 23.9 Å². The molecule has 0 saturated heterocycles. The molecule has 1 aromatic heterocycles. The van der Waals surface area contributed by atoms with Crippen LogP contribution in [0.1, 0.15) is 35.6 Å². The Morgan fingerprint density at radius 3 is 2.67 bits per heavy atom. The maximum absolute atomic E-state index is 11.9. The number of carbonyl (C=O) groups excluding carboxylic acids is 1. The van der Waals surface area contributed by atoms with Gasteiger partial charge in [-0.05, 0) is 19.8 Å². The van der Waals surface area contributed by atoms with Gasteiger partial charge in [-0.15, -0.1) is 11.3 Å². The average molecular weight is 352 g/mol. The van der Waals surface area contributed by atoms with E-state index in [1.165, 1.54) is 30.6 Å². The van der Waals surface area contributed by atoms with E-state index in [-0.39, 0.29) is 12.5 Å². The molecule has 0 unspecified atom stereocenters. The molecular formula is C17H29N5OS. The summed E-state index contributed by atoms with van der Waals surface area (Å²) in [6, 6.07) is 0.475. The van der Waals surface area contributed by atoms with Gasteiger partial charge in [0.25, 0.3) is 0 Å². The number of aliphatic imine (C=N–C) groups is 1. The number of aromatic nitrogens is 1. The molecule has 0 spiro atoms. The Morgan fingerprint density at radius 1 is 1.38 bits per heavy atom. The van der Waals surface area contributed by atoms with Crippen molar-refractivity contribution in [1.82, 2.24) is 20.1 Å². The van der Waals surface area contributed by atoms with Gasteiger partial charge < -0.3 is 15.1 Å². The molecule has 2 rings (SSSR count). The lowest BCUT2D eigenvalue weighted by Crippen LogP contribution is -2.44. The first-order valence-corrected chi connectivity index (χ1v) is 9.41. The Kier molecular flexibility index (Phi) is 7.02. The van der Waals surface area contributed by atoms with Crippen molar-refractivity contribution in [1.29, 1.82) is 0 Å². The maximum Gasteiger partial charge on any atom is 0.243 e. The lowest BCUT2D eigenvalue weighted by atomic mass is 10.2. The van der Waals surface area contributed by atoms with Crippen LogP contribution in [-0.4, -0.2) is 66.9 Å². The summed E-state index contributed by atoms with van der Waals surface area (Å²) in [5, 5.41) is 4.68. The van der Waals surface area contributed by atoms with Crippen LogP contribution in [0.5, 0.6) is 0 Å². The zero-order valence-electron chi connectivity index (χ0n) is 15.2. The van der Waals surface area contributed by atoms with Crippen LogP contribution in [-0.2, 0) is 11.2 Å². The van der Waals surface area contributed by atoms with Gasteiger partial charge in [0.2, 0.25) is 5.91 Å². The summed E-state index contributed by atoms with van der Waals surface area (Å²) in [5.41, 5.74) is 0. The number of hydrogen-bond acceptors (Lipinski definition) is 4. The van der Waals surface area contributed by atoms with Crippen LogP contribution in [0, 0.1) is 6.92 Å². The minimum Gasteiger partial charge on any atom is -0.354 e. The molecule has 0 bridgehead atoms. The number of nitrogens with one attached hydrogen (secondary N) is 1. The third-order valence-corrected chi connectivity index (χ3v) is 5.22. The number of likely N-dealkylation sites (N-methyl/N-ethyl adjacent to an activating group) is 2. The fourth-order valence-corrected chi connectivity index (χ4v) is 3.48. The summed E-state index contributed by atoms with van der Waals surface area (Å²) >= 11 is 1.74. The first-order valence-electron chi connectivity index (χ1n) is 8.59. The highest BCUT2D eigenvalue weighted by Gasteiger charge is 2.18. The summed E-state index contributed by atoms with van der Waals surface area (Å²) < 4.78 is 0. The van der Waals surface area contributed by atoms with Crippen LogP contribution in [0.3, 0.4) is 0 Å². The highest BCUT2D eigenvalue weighted by Crippen LogP contribution is 2.18. The molecule has 1 aliphatic rings. The molecule has 24 heavy (non-hydrogen) atoms. The van der Waals surface area contributed by atoms with Gasteiger partial charge in [0, 0.05) is 51.2 Å². The Hall–Kier alpha value is -1.63. The van der Waals surface area contributed by atoms with E-state index >= 15 is 0 Å². The number of aryl methyl sites for hydroxylation is 1. The van der Waals surface area contributed by atoms with Crippen molar-refractivity contribution >= 4 is 23.2 Å². The predicted molar refractivity (Wildman–Crippen MR) is 99.6 cm³/mol. The Balaban J connectivity index is 1.96. The molecule has 134 valence electrons. The summed E-state index contributed by atoms with van der Waals surface area (Å²) in [7, 11) is 5.55. The van der Waals surface area contributed by atoms with E-state index in [0.29, 0.717) is 6.04 Å². The van der Waals surface area contributed by atoms with E-state index in [1.807, 2.05) is 13.2 Å². The Labute approximate surface area is 149 Å². The zero-order valence-corrected chi connectivity index (χ0v) is 16.0. The molecule has 6 nitrogen and oxygen atoms in total. The topological polar surface area (TPSA) is 60.8 Å². The number of hydrogen-bond donors (Lipinski definition) is 1. The van der Waals surface area contributed by atoms with Gasteiger partial charge in [-0.1, -0.05) is 12.8 Å². The third kappa shape index (κ3) is 5.78. The van der Waals surface area contributed by atoms with E-state index in [9.17, 15) is 4.79 Å². The minimum atomic E-state index is 0.0182. The normalized spacial score (nSPS) is 15.6. The number of guanidine groups is 1. The van der Waals surface area contributed by atoms with Gasteiger partial charge in [-0.3, -0.25) is 4.79 Å². The highest BCUT2D eigenvalue weighted by atomic mass is 32.1. The Morgan fingerprint density at radius 2 is 2.08 bits per heavy atom.